The summed E-state index contributed by atoms with van der Waals surface area (Å²) in [6.45, 7) is 4.96. The second-order valence-corrected chi connectivity index (χ2v) is 28.8. The van der Waals surface area contributed by atoms with Crippen molar-refractivity contribution in [2.75, 3.05) is 13.2 Å². The highest BCUT2D eigenvalue weighted by atomic mass is 16.5. The minimum absolute atomic E-state index is 0.0209. The molecule has 6 nitrogen and oxygen atoms in total. The molecule has 0 spiro atoms. The highest BCUT2D eigenvalue weighted by Gasteiger charge is 2.18. The van der Waals surface area contributed by atoms with Crippen LogP contribution in [0.4, 0.5) is 0 Å². The molecule has 0 aliphatic carbocycles. The first-order valence-electron chi connectivity index (χ1n) is 41.8. The average Bonchev–Trinajstić information content (AvgIpc) is 3.61. The molecule has 2 atom stereocenters. The molecule has 0 aliphatic rings. The van der Waals surface area contributed by atoms with E-state index in [1.807, 2.05) is 6.08 Å². The van der Waals surface area contributed by atoms with Gasteiger partial charge in [0.05, 0.1) is 25.4 Å². The monoisotopic (exact) mass is 1280 g/mol. The molecule has 0 aromatic rings. The summed E-state index contributed by atoms with van der Waals surface area (Å²) in [5, 5.41) is 23.3. The summed E-state index contributed by atoms with van der Waals surface area (Å²) in [7, 11) is 0. The van der Waals surface area contributed by atoms with Gasteiger partial charge in [-0.25, -0.2) is 0 Å². The highest BCUT2D eigenvalue weighted by Crippen LogP contribution is 2.20. The van der Waals surface area contributed by atoms with E-state index in [9.17, 15) is 19.8 Å². The van der Waals surface area contributed by atoms with Crippen LogP contribution >= 0.6 is 0 Å². The molecule has 0 bridgehead atoms. The number of allylic oxidation sites excluding steroid dienone is 5. The molecule has 0 rings (SSSR count). The molecular weight excluding hydrogens is 1110 g/mol. The van der Waals surface area contributed by atoms with E-state index < -0.39 is 12.1 Å². The first-order valence-corrected chi connectivity index (χ1v) is 41.8. The van der Waals surface area contributed by atoms with Crippen LogP contribution in [0.3, 0.4) is 0 Å². The Labute approximate surface area is 570 Å². The summed E-state index contributed by atoms with van der Waals surface area (Å²) >= 11 is 0. The summed E-state index contributed by atoms with van der Waals surface area (Å²) in [5.41, 5.74) is 0. The maximum absolute atomic E-state index is 12.6. The summed E-state index contributed by atoms with van der Waals surface area (Å²) in [4.78, 5) is 24.6. The van der Waals surface area contributed by atoms with Gasteiger partial charge in [-0.15, -0.1) is 0 Å². The number of esters is 1. The fourth-order valence-corrected chi connectivity index (χ4v) is 13.3. The summed E-state index contributed by atoms with van der Waals surface area (Å²) < 4.78 is 5.49. The number of nitrogens with one attached hydrogen (secondary N) is 1. The smallest absolute Gasteiger partial charge is 0.305 e. The lowest BCUT2D eigenvalue weighted by Gasteiger charge is -2.20. The lowest BCUT2D eigenvalue weighted by molar-refractivity contribution is -0.143. The van der Waals surface area contributed by atoms with Crippen LogP contribution in [0.2, 0.25) is 0 Å². The van der Waals surface area contributed by atoms with Gasteiger partial charge in [-0.2, -0.15) is 0 Å². The number of carbonyl (C=O) groups is 2. The normalized spacial score (nSPS) is 12.6. The molecule has 6 heteroatoms. The molecule has 3 N–H and O–H groups in total. The molecular formula is C85H163NO5. The van der Waals surface area contributed by atoms with Crippen molar-refractivity contribution < 1.29 is 24.5 Å². The predicted octanol–water partition coefficient (Wildman–Crippen LogP) is 27.8. The number of hydrogen-bond acceptors (Lipinski definition) is 5. The fourth-order valence-electron chi connectivity index (χ4n) is 13.3. The van der Waals surface area contributed by atoms with Crippen molar-refractivity contribution in [2.24, 2.45) is 0 Å². The van der Waals surface area contributed by atoms with Crippen molar-refractivity contribution in [3.63, 3.8) is 0 Å². The Morgan fingerprint density at radius 1 is 0.308 bits per heavy atom. The standard InChI is InChI=1S/C85H163NO5/c1-3-5-7-9-11-13-15-17-18-19-20-21-22-38-41-44-47-50-54-57-61-65-69-73-77-83(88)82(81-87)86-84(89)78-74-70-66-62-58-55-51-48-45-42-39-36-34-32-30-28-26-24-23-25-27-29-31-33-35-37-40-43-46-49-52-56-60-64-68-72-76-80-91-85(90)79-75-71-67-63-59-53-16-14-12-10-8-6-4-2/h23,25,29,31,73,77,82-83,87-88H,3-22,24,26-28,30,32-72,74-76,78-81H2,1-2H3,(H,86,89)/b25-23-,31-29-,77-73+. The van der Waals surface area contributed by atoms with Crippen LogP contribution in [0.25, 0.3) is 0 Å². The van der Waals surface area contributed by atoms with Gasteiger partial charge < -0.3 is 20.3 Å². The topological polar surface area (TPSA) is 95.9 Å². The van der Waals surface area contributed by atoms with Gasteiger partial charge in [-0.1, -0.05) is 429 Å². The summed E-state index contributed by atoms with van der Waals surface area (Å²) in [6, 6.07) is -0.628. The van der Waals surface area contributed by atoms with Crippen LogP contribution in [-0.4, -0.2) is 47.4 Å². The molecule has 0 aromatic carbocycles. The van der Waals surface area contributed by atoms with Crippen molar-refractivity contribution in [1.29, 1.82) is 0 Å². The van der Waals surface area contributed by atoms with E-state index in [2.05, 4.69) is 43.5 Å². The van der Waals surface area contributed by atoms with Gasteiger partial charge in [0.2, 0.25) is 5.91 Å². The molecule has 1 amide bonds. The van der Waals surface area contributed by atoms with Crippen LogP contribution in [-0.2, 0) is 14.3 Å². The zero-order valence-corrected chi connectivity index (χ0v) is 61.9. The van der Waals surface area contributed by atoms with Crippen molar-refractivity contribution in [3.8, 4) is 0 Å². The van der Waals surface area contributed by atoms with Crippen LogP contribution in [0, 0.1) is 0 Å². The fraction of sp³-hybridized carbons (Fsp3) is 0.906. The molecule has 0 saturated carbocycles. The van der Waals surface area contributed by atoms with Crippen molar-refractivity contribution in [2.45, 2.75) is 482 Å². The van der Waals surface area contributed by atoms with Crippen molar-refractivity contribution >= 4 is 11.9 Å². The largest absolute Gasteiger partial charge is 0.466 e. The summed E-state index contributed by atoms with van der Waals surface area (Å²) in [5.74, 6) is -0.0391. The van der Waals surface area contributed by atoms with Gasteiger partial charge >= 0.3 is 5.97 Å². The van der Waals surface area contributed by atoms with E-state index in [1.54, 1.807) is 6.08 Å². The molecule has 91 heavy (non-hydrogen) atoms. The Morgan fingerprint density at radius 3 is 0.835 bits per heavy atom. The molecule has 0 aliphatic heterocycles. The zero-order valence-electron chi connectivity index (χ0n) is 61.9. The second kappa shape index (κ2) is 80.5. The minimum Gasteiger partial charge on any atom is -0.466 e. The van der Waals surface area contributed by atoms with Gasteiger partial charge in [0.25, 0.3) is 0 Å². The van der Waals surface area contributed by atoms with E-state index in [1.165, 1.54) is 398 Å². The van der Waals surface area contributed by atoms with Gasteiger partial charge in [-0.3, -0.25) is 9.59 Å². The van der Waals surface area contributed by atoms with E-state index in [0.29, 0.717) is 19.4 Å². The van der Waals surface area contributed by atoms with Crippen LogP contribution in [0.5, 0.6) is 0 Å². The van der Waals surface area contributed by atoms with Crippen molar-refractivity contribution in [3.05, 3.63) is 36.5 Å². The Morgan fingerprint density at radius 2 is 0.549 bits per heavy atom. The maximum Gasteiger partial charge on any atom is 0.305 e. The van der Waals surface area contributed by atoms with Gasteiger partial charge in [0, 0.05) is 12.8 Å². The van der Waals surface area contributed by atoms with Gasteiger partial charge in [0.1, 0.15) is 0 Å². The van der Waals surface area contributed by atoms with E-state index >= 15 is 0 Å². The van der Waals surface area contributed by atoms with E-state index in [0.717, 1.165) is 44.9 Å². The van der Waals surface area contributed by atoms with Gasteiger partial charge in [0.15, 0.2) is 0 Å². The number of aliphatic hydroxyl groups excluding tert-OH is 2. The zero-order chi connectivity index (χ0) is 65.6. The third-order valence-corrected chi connectivity index (χ3v) is 19.7. The average molecular weight is 1280 g/mol. The number of hydrogen-bond donors (Lipinski definition) is 3. The molecule has 0 heterocycles. The molecule has 0 fully saturated rings. The van der Waals surface area contributed by atoms with Gasteiger partial charge in [-0.05, 0) is 64.2 Å². The number of carbonyl (C=O) groups excluding carboxylic acids is 2. The minimum atomic E-state index is -0.844. The number of amides is 1. The number of ether oxygens (including phenoxy) is 1. The number of rotatable bonds is 79. The van der Waals surface area contributed by atoms with E-state index in [4.69, 9.17) is 4.74 Å². The lowest BCUT2D eigenvalue weighted by Crippen LogP contribution is -2.45. The molecule has 538 valence electrons. The van der Waals surface area contributed by atoms with Crippen LogP contribution in [0.15, 0.2) is 36.5 Å². The third-order valence-electron chi connectivity index (χ3n) is 19.7. The quantitative estimate of drug-likeness (QED) is 0.0320. The second-order valence-electron chi connectivity index (χ2n) is 28.8. The number of unbranched alkanes of at least 4 members (excludes halogenated alkanes) is 64. The maximum atomic E-state index is 12.6. The highest BCUT2D eigenvalue weighted by molar-refractivity contribution is 5.76. The summed E-state index contributed by atoms with van der Waals surface area (Å²) in [6.07, 6.45) is 106. The molecule has 0 radical (unpaired) electrons. The predicted molar refractivity (Wildman–Crippen MR) is 403 cm³/mol. The molecule has 0 saturated heterocycles. The Bertz CT molecular complexity index is 1470. The van der Waals surface area contributed by atoms with Crippen molar-refractivity contribution in [1.82, 2.24) is 5.32 Å². The number of aliphatic hydroxyl groups is 2. The first kappa shape index (κ1) is 89.1. The Kier molecular flexibility index (Phi) is 78.8. The van der Waals surface area contributed by atoms with Crippen LogP contribution < -0.4 is 5.32 Å². The third kappa shape index (κ3) is 77.0. The Hall–Kier alpha value is -1.92. The van der Waals surface area contributed by atoms with E-state index in [-0.39, 0.29) is 18.5 Å². The molecule has 2 unspecified atom stereocenters. The Balaban J connectivity index is 3.38. The van der Waals surface area contributed by atoms with Crippen LogP contribution in [0.1, 0.15) is 470 Å². The molecule has 0 aromatic heterocycles. The SMILES string of the molecule is CCCCCCCCCCCCCCCCCCCCCCCC/C=C/C(O)C(CO)NC(=O)CCCCCCCCCCCCCCCCCCC/C=C\C/C=C\CCCCCCCCCCCCCCCOC(=O)CCCCCCCCCCCCCCC. The first-order chi connectivity index (χ1) is 45.0. The lowest BCUT2D eigenvalue weighted by atomic mass is 10.0.